The van der Waals surface area contributed by atoms with Crippen molar-refractivity contribution in [3.8, 4) is 34.5 Å². The summed E-state index contributed by atoms with van der Waals surface area (Å²) in [4.78, 5) is 132. The molecule has 0 saturated heterocycles. The minimum absolute atomic E-state index is 0.00444. The van der Waals surface area contributed by atoms with E-state index in [0.29, 0.717) is 150 Å². The summed E-state index contributed by atoms with van der Waals surface area (Å²) >= 11 is 2.89. The molecule has 5 aromatic carbocycles. The molecule has 0 atom stereocenters. The fourth-order valence-corrected chi connectivity index (χ4v) is 18.1. The van der Waals surface area contributed by atoms with Crippen molar-refractivity contribution in [2.24, 2.45) is 71.0 Å². The molecule has 0 radical (unpaired) electrons. The van der Waals surface area contributed by atoms with Gasteiger partial charge in [0.25, 0.3) is 0 Å². The molecule has 0 aliphatic heterocycles. The molecule has 692 valence electrons. The topological polar surface area (TPSA) is 418 Å². The van der Waals surface area contributed by atoms with Gasteiger partial charge < -0.3 is 67.4 Å². The molecular weight excluding hydrogens is 1730 g/mol. The molecule has 29 nitrogen and oxygen atoms in total. The van der Waals surface area contributed by atoms with Crippen LogP contribution in [0.3, 0.4) is 0 Å². The van der Waals surface area contributed by atoms with E-state index >= 15 is 0 Å². The average molecular weight is 1850 g/mol. The third kappa shape index (κ3) is 33.8. The molecule has 33 heteroatoms. The summed E-state index contributed by atoms with van der Waals surface area (Å²) in [6.07, 6.45) is 29.8. The third-order valence-electron chi connectivity index (χ3n) is 25.2. The van der Waals surface area contributed by atoms with E-state index in [-0.39, 0.29) is 113 Å². The summed E-state index contributed by atoms with van der Waals surface area (Å²) in [5.74, 6) is 0.794. The number of ether oxygens (including phenoxy) is 11. The van der Waals surface area contributed by atoms with E-state index in [1.165, 1.54) is 77.1 Å². The van der Waals surface area contributed by atoms with Crippen LogP contribution in [0.25, 0.3) is 21.5 Å². The van der Waals surface area contributed by atoms with Crippen molar-refractivity contribution < 1.29 is 137 Å². The Balaban J connectivity index is 0.000000289. The molecular formula is C96H120Na2O29S2. The van der Waals surface area contributed by atoms with E-state index in [1.54, 1.807) is 54.6 Å². The van der Waals surface area contributed by atoms with Gasteiger partial charge in [0.1, 0.15) is 11.5 Å². The van der Waals surface area contributed by atoms with Gasteiger partial charge in [-0.25, -0.2) is 14.4 Å². The number of phenols is 2. The van der Waals surface area contributed by atoms with Crippen molar-refractivity contribution in [3.05, 3.63) is 146 Å². The molecule has 12 rings (SSSR count). The summed E-state index contributed by atoms with van der Waals surface area (Å²) in [6, 6.07) is 24.3. The number of phenolic OH excluding ortho intramolecular Hbond substituents is 2. The molecule has 0 spiro atoms. The Kier molecular flexibility index (Phi) is 47.3. The fraction of sp³-hybridized carbons (Fsp3) is 0.531. The number of esters is 8. The molecule has 0 aromatic heterocycles. The molecule has 6 saturated carbocycles. The number of carbonyl (C=O) groups is 11. The average Bonchev–Trinajstić information content (AvgIpc) is 0.783. The number of methoxy groups -OCH3 is 3. The Hall–Kier alpha value is -9.21. The number of aromatic hydroxyl groups is 2. The van der Waals surface area contributed by atoms with Gasteiger partial charge in [0, 0.05) is 69.1 Å². The molecule has 0 unspecified atom stereocenters. The van der Waals surface area contributed by atoms with Gasteiger partial charge >= 0.3 is 116 Å². The first-order valence-electron chi connectivity index (χ1n) is 44.9. The van der Waals surface area contributed by atoms with Gasteiger partial charge in [-0.15, -0.1) is 0 Å². The van der Waals surface area contributed by atoms with Crippen LogP contribution >= 0.6 is 0 Å². The van der Waals surface area contributed by atoms with Gasteiger partial charge in [-0.2, -0.15) is 16.8 Å². The normalized spacial score (nSPS) is 22.0. The van der Waals surface area contributed by atoms with Crippen LogP contribution in [0.2, 0.25) is 0 Å². The van der Waals surface area contributed by atoms with E-state index in [1.807, 2.05) is 24.3 Å². The predicted octanol–water partition coefficient (Wildman–Crippen LogP) is 15.5. The van der Waals surface area contributed by atoms with Gasteiger partial charge in [0.05, 0.1) is 96.5 Å². The summed E-state index contributed by atoms with van der Waals surface area (Å²) in [5, 5.41) is 31.0. The zero-order chi connectivity index (χ0) is 93.9. The maximum absolute atomic E-state index is 13.7. The molecule has 7 aliphatic rings. The van der Waals surface area contributed by atoms with Crippen LogP contribution in [0.5, 0.6) is 34.5 Å². The molecule has 5 aromatic rings. The number of carboxylic acid groups (broad SMARTS) is 1. The predicted molar refractivity (Wildman–Crippen MR) is 480 cm³/mol. The number of benzene rings is 5. The Morgan fingerprint density at radius 1 is 0.372 bits per heavy atom. The summed E-state index contributed by atoms with van der Waals surface area (Å²) in [5.41, 5.74) is 0.857. The van der Waals surface area contributed by atoms with Crippen LogP contribution in [-0.2, 0) is 94.8 Å². The zero-order valence-electron chi connectivity index (χ0n) is 74.7. The zero-order valence-corrected chi connectivity index (χ0v) is 80.3. The van der Waals surface area contributed by atoms with E-state index in [0.717, 1.165) is 172 Å². The fourth-order valence-electron chi connectivity index (χ4n) is 18.1. The Labute approximate surface area is 784 Å². The van der Waals surface area contributed by atoms with E-state index in [2.05, 4.69) is 19.7 Å². The number of aliphatic carboxylic acids is 1. The van der Waals surface area contributed by atoms with Crippen LogP contribution in [0.4, 0.5) is 0 Å². The monoisotopic (exact) mass is 1850 g/mol. The van der Waals surface area contributed by atoms with Crippen molar-refractivity contribution in [1.29, 1.82) is 0 Å². The summed E-state index contributed by atoms with van der Waals surface area (Å²) < 4.78 is 95.4. The number of carbonyl (C=O) groups excluding carboxylic acids is 10. The number of allylic oxidation sites excluding steroid dienone is 2. The second-order valence-electron chi connectivity index (χ2n) is 32.9. The standard InChI is InChI=1S/C53H70O13.C21H32O6.C11H10O3.C11H8O3.2Na.O4S2/c1-4-47(54)61-30-8-10-32-63-50(56)39-22-14-35(15-23-39)37-18-26-41(27-19-37)52(58)65-45-34-46(60-3)49(44-13-7-6-12-43(44)45)66-53(59)42-28-20-38(21-29-42)36-16-24-40(25-17-36)51(57)64-33-11-9-31-62-48(55)5-2;1-2-19(22)26-13-3-4-14-27-21(25)18-11-7-16(8-12-18)15-5-9-17(10-6-15)20(23)24;2*1-14-10-6-9(12)7-4-2-3-5-8(7)11(10)13;;;1-5(2)6(3)4/h4-7,12-13,34-42H,1-2,8-11,14-33H2,3H3;2,15-18H,1,3-14H2,(H,23,24);2-6,12-13H,1H3;2-6H,1H3;;;. The van der Waals surface area contributed by atoms with Gasteiger partial charge in [-0.1, -0.05) is 92.5 Å². The molecule has 3 N–H and O–H groups in total. The molecule has 6 fully saturated rings. The number of fused-ring (bicyclic) bond motifs is 3. The van der Waals surface area contributed by atoms with Crippen molar-refractivity contribution in [2.75, 3.05) is 61.0 Å². The Bertz CT molecular complexity index is 4890. The molecule has 7 aliphatic carbocycles. The van der Waals surface area contributed by atoms with Crippen molar-refractivity contribution >= 4 is 149 Å². The van der Waals surface area contributed by atoms with Crippen molar-refractivity contribution in [1.82, 2.24) is 0 Å². The number of unbranched alkanes of at least 4 members (excludes halogenated alkanes) is 3. The first kappa shape index (κ1) is 107. The second kappa shape index (κ2) is 57.2. The van der Waals surface area contributed by atoms with Gasteiger partial charge in [0.2, 0.25) is 5.78 Å². The number of Topliss-reactive ketones (excluding diaryl/α,β-unsaturated/α-hetero) is 1. The SMILES string of the molecule is C=CC(=O)OCCCCOC(=O)C1CCC(C2CCC(C(=O)O)CC2)CC1.C=CC(=O)OCCCCOC(=O)C1CCC(C2CCC(C(=O)Oc3cc(OC)c(OC(=O)C4CCC(C5CCC(C(=O)OCCCCOC(=O)C=C)CC5)CC4)c4ccccc34)CC2)CC1.COC1=CC(=O)c2ccccc2C1=O.COc1cc(O)c2ccccc2c1O.O=S(=O)=S(=O)=O.[Na][Na]. The third-order valence-corrected chi connectivity index (χ3v) is 26.1. The molecule has 129 heavy (non-hydrogen) atoms. The maximum atomic E-state index is 13.7. The van der Waals surface area contributed by atoms with Gasteiger partial charge in [-0.05, 0) is 228 Å². The minimum atomic E-state index is -2.95. The van der Waals surface area contributed by atoms with Crippen LogP contribution in [-0.4, -0.2) is 202 Å². The first-order valence-corrected chi connectivity index (χ1v) is 55.6. The van der Waals surface area contributed by atoms with Crippen LogP contribution < -0.4 is 18.9 Å². The van der Waals surface area contributed by atoms with Crippen LogP contribution in [0.15, 0.2) is 135 Å². The van der Waals surface area contributed by atoms with E-state index in [9.17, 15) is 63.0 Å². The summed E-state index contributed by atoms with van der Waals surface area (Å²) in [7, 11) is -1.55. The molecule has 0 heterocycles. The molecule has 0 amide bonds. The number of hydrogen-bond acceptors (Lipinski definition) is 28. The number of ketones is 2. The number of hydrogen-bond donors (Lipinski definition) is 3. The second-order valence-corrected chi connectivity index (χ2v) is 35.3. The quantitative estimate of drug-likeness (QED) is 0.00684. The van der Waals surface area contributed by atoms with Crippen LogP contribution in [0.1, 0.15) is 213 Å². The van der Waals surface area contributed by atoms with E-state index < -0.39 is 42.4 Å². The Morgan fingerprint density at radius 2 is 0.682 bits per heavy atom. The number of rotatable bonds is 32. The Morgan fingerprint density at radius 3 is 1.02 bits per heavy atom. The first-order chi connectivity index (χ1) is 62.2. The summed E-state index contributed by atoms with van der Waals surface area (Å²) in [6.45, 7) is 12.0. The molecule has 0 bridgehead atoms. The van der Waals surface area contributed by atoms with Crippen LogP contribution in [0, 0.1) is 71.0 Å². The van der Waals surface area contributed by atoms with E-state index in [4.69, 9.17) is 74.0 Å². The van der Waals surface area contributed by atoms with Gasteiger partial charge in [-0.3, -0.25) is 38.4 Å². The van der Waals surface area contributed by atoms with Crippen molar-refractivity contribution in [2.45, 2.75) is 193 Å². The van der Waals surface area contributed by atoms with Gasteiger partial charge in [0.15, 0.2) is 34.5 Å². The van der Waals surface area contributed by atoms with Crippen molar-refractivity contribution in [3.63, 3.8) is 0 Å². The number of carboxylic acids is 1.